The fourth-order valence-electron chi connectivity index (χ4n) is 17.5. The lowest BCUT2D eigenvalue weighted by Gasteiger charge is -2.49. The van der Waals surface area contributed by atoms with E-state index in [1.807, 2.05) is 71.9 Å². The Morgan fingerprint density at radius 1 is 0.628 bits per heavy atom. The first kappa shape index (κ1) is 57.1. The van der Waals surface area contributed by atoms with E-state index in [0.717, 1.165) is 35.9 Å². The number of nitrogens with zero attached hydrogens (tertiary/aromatic N) is 6. The second-order valence-electron chi connectivity index (χ2n) is 27.6. The first-order valence-corrected chi connectivity index (χ1v) is 31.5. The molecule has 8 fully saturated rings. The van der Waals surface area contributed by atoms with E-state index in [9.17, 15) is 39.0 Å². The van der Waals surface area contributed by atoms with Gasteiger partial charge in [-0.15, -0.1) is 0 Å². The summed E-state index contributed by atoms with van der Waals surface area (Å²) in [7, 11) is 4.14. The zero-order valence-electron chi connectivity index (χ0n) is 50.5. The minimum atomic E-state index is -2.04. The number of piperidine rings is 2. The second-order valence-corrected chi connectivity index (χ2v) is 27.6. The van der Waals surface area contributed by atoms with Crippen LogP contribution in [0, 0.1) is 29.6 Å². The molecule has 2 aromatic heterocycles. The average molecular weight is 1180 g/mol. The Labute approximate surface area is 501 Å². The van der Waals surface area contributed by atoms with Gasteiger partial charge in [0.05, 0.1) is 11.8 Å². The van der Waals surface area contributed by atoms with Crippen molar-refractivity contribution in [3.8, 4) is 0 Å². The number of carbonyl (C=O) groups excluding carboxylic acids is 6. The topological polar surface area (TPSA) is 236 Å². The summed E-state index contributed by atoms with van der Waals surface area (Å²) >= 11 is 0. The van der Waals surface area contributed by atoms with Crippen molar-refractivity contribution in [1.29, 1.82) is 0 Å². The van der Waals surface area contributed by atoms with Crippen LogP contribution in [0.25, 0.3) is 21.8 Å². The van der Waals surface area contributed by atoms with Crippen molar-refractivity contribution < 1.29 is 48.5 Å². The summed E-state index contributed by atoms with van der Waals surface area (Å²) in [5.74, 6) is -7.67. The molecule has 20 heteroatoms. The van der Waals surface area contributed by atoms with Crippen molar-refractivity contribution in [2.75, 3.05) is 40.3 Å². The maximum Gasteiger partial charge on any atom is 0.281 e. The van der Waals surface area contributed by atoms with E-state index in [1.165, 1.54) is 42.8 Å². The standard InChI is InChI=1S/C35H41N5O5.C31H41N5O5/c1-20(2)34(37-31(41)23-16-25-24-11-7-12-26-30(24)22(18-36-26)17-27(25)38(3)19-23)33(43)40-28(15-21-9-5-4-6-10-21)32(42)39-14-8-13-29(39)35(40,44)45-34;1-16(2)26-28(38)35-11-7-10-24(35)31(40)36(26)29(39)30(41-31,17(3)4)33-27(37)19-12-21-20-8-6-9-22-25(20)18(14-32-22)13-23(21)34(5)15-19/h4-7,9-12,18,20,23,25,27-29,36,44H,8,13-17,19H2,1-3H3,(H,37,41);6,8-9,14,16-17,19,21,23-24,26,32,40H,7,10-13,15H2,1-5H3,(H,33,37)/t23-,25-,27-,28+,29+,34-,35+;19-,21-,23-,24+,26+,30-,31+/m11/s1. The van der Waals surface area contributed by atoms with Gasteiger partial charge in [-0.3, -0.25) is 48.0 Å². The number of aromatic nitrogens is 2. The molecule has 3 aromatic carbocycles. The summed E-state index contributed by atoms with van der Waals surface area (Å²) < 4.78 is 12.9. The molecule has 15 rings (SSSR count). The number of amides is 6. The Kier molecular flexibility index (Phi) is 13.6. The van der Waals surface area contributed by atoms with Crippen LogP contribution in [-0.4, -0.2) is 185 Å². The highest BCUT2D eigenvalue weighted by Crippen LogP contribution is 2.52. The molecule has 8 aliphatic heterocycles. The van der Waals surface area contributed by atoms with Crippen molar-refractivity contribution in [2.45, 2.75) is 171 Å². The molecular weight excluding hydrogens is 1090 g/mol. The number of fused-ring (bicyclic) bond motifs is 10. The lowest BCUT2D eigenvalue weighted by atomic mass is 9.72. The molecule has 0 unspecified atom stereocenters. The highest BCUT2D eigenvalue weighted by atomic mass is 16.7. The summed E-state index contributed by atoms with van der Waals surface area (Å²) in [5.41, 5.74) is 4.67. The molecule has 6 amide bonds. The fraction of sp³-hybridized carbons (Fsp3) is 0.576. The highest BCUT2D eigenvalue weighted by molar-refractivity contribution is 5.99. The van der Waals surface area contributed by atoms with Gasteiger partial charge < -0.3 is 50.4 Å². The van der Waals surface area contributed by atoms with Crippen LogP contribution in [0.4, 0.5) is 0 Å². The molecule has 8 saturated heterocycles. The van der Waals surface area contributed by atoms with Gasteiger partial charge >= 0.3 is 0 Å². The predicted octanol–water partition coefficient (Wildman–Crippen LogP) is 4.85. The number of piperazine rings is 2. The Bertz CT molecular complexity index is 3590. The molecule has 0 bridgehead atoms. The number of ether oxygens (including phenoxy) is 2. The Morgan fingerprint density at radius 2 is 1.09 bits per heavy atom. The molecular formula is C66H82N10O10. The van der Waals surface area contributed by atoms with E-state index in [0.29, 0.717) is 58.3 Å². The summed E-state index contributed by atoms with van der Waals surface area (Å²) in [6.45, 7) is 13.1. The van der Waals surface area contributed by atoms with Gasteiger partial charge in [0.1, 0.15) is 24.2 Å². The molecule has 86 heavy (non-hydrogen) atoms. The molecule has 0 spiro atoms. The summed E-state index contributed by atoms with van der Waals surface area (Å²) in [6, 6.07) is 19.6. The quantitative estimate of drug-likeness (QED) is 0.116. The zero-order valence-corrected chi connectivity index (χ0v) is 50.5. The number of hydrogen-bond acceptors (Lipinski definition) is 12. The summed E-state index contributed by atoms with van der Waals surface area (Å²) in [5, 5.41) is 33.0. The van der Waals surface area contributed by atoms with E-state index in [4.69, 9.17) is 9.47 Å². The van der Waals surface area contributed by atoms with E-state index < -0.39 is 77.0 Å². The van der Waals surface area contributed by atoms with Crippen molar-refractivity contribution in [2.24, 2.45) is 29.6 Å². The van der Waals surface area contributed by atoms with Crippen LogP contribution >= 0.6 is 0 Å². The van der Waals surface area contributed by atoms with E-state index in [2.05, 4.69) is 93.3 Å². The van der Waals surface area contributed by atoms with Crippen molar-refractivity contribution in [1.82, 2.24) is 50.0 Å². The van der Waals surface area contributed by atoms with Crippen molar-refractivity contribution in [3.63, 3.8) is 0 Å². The number of nitrogens with one attached hydrogen (secondary N) is 4. The van der Waals surface area contributed by atoms with E-state index >= 15 is 0 Å². The molecule has 456 valence electrons. The number of hydrogen-bond donors (Lipinski definition) is 6. The molecule has 0 saturated carbocycles. The highest BCUT2D eigenvalue weighted by Gasteiger charge is 2.74. The van der Waals surface area contributed by atoms with Crippen molar-refractivity contribution >= 4 is 57.2 Å². The van der Waals surface area contributed by atoms with Gasteiger partial charge in [-0.2, -0.15) is 0 Å². The maximum absolute atomic E-state index is 14.6. The van der Waals surface area contributed by atoms with Gasteiger partial charge in [-0.1, -0.05) is 96.1 Å². The third-order valence-corrected chi connectivity index (χ3v) is 21.8. The Hall–Kier alpha value is -6.68. The molecule has 14 atom stereocenters. The SMILES string of the molecule is CC(C)[C@@]1(NC(=O)[C@@H]2C[C@@H]3c4cccc5[nH]cc(c45)C[C@H]3N(C)C2)O[C@@]2(O)[C@@H]3CCCN3C(=O)[C@H](Cc3ccccc3)N2C1=O.CC(C)[C@H]1C(=O)N2CCC[C@H]2[C@]2(O)O[C@](NC(=O)[C@@H]3C[C@@H]4c5cccc6[nH]cc(c56)C[C@H]4N(C)C3)(C(C)C)C(=O)N12. The zero-order chi connectivity index (χ0) is 60.3. The number of carbonyl (C=O) groups is 6. The van der Waals surface area contributed by atoms with Gasteiger partial charge in [0.25, 0.3) is 23.6 Å². The van der Waals surface area contributed by atoms with Gasteiger partial charge in [-0.05, 0) is 111 Å². The Balaban J connectivity index is 0.000000153. The lowest BCUT2D eigenvalue weighted by Crippen LogP contribution is -2.72. The van der Waals surface area contributed by atoms with Crippen LogP contribution in [0.15, 0.2) is 79.1 Å². The van der Waals surface area contributed by atoms with Crippen LogP contribution in [0.1, 0.15) is 120 Å². The maximum atomic E-state index is 14.6. The predicted molar refractivity (Wildman–Crippen MR) is 318 cm³/mol. The number of benzene rings is 3. The van der Waals surface area contributed by atoms with E-state index in [1.54, 1.807) is 9.80 Å². The first-order chi connectivity index (χ1) is 41.1. The number of likely N-dealkylation sites (N-methyl/N-ethyl adjacent to an activating group) is 2. The monoisotopic (exact) mass is 1170 g/mol. The van der Waals surface area contributed by atoms with Crippen LogP contribution in [0.5, 0.6) is 0 Å². The molecule has 20 nitrogen and oxygen atoms in total. The molecule has 10 heterocycles. The molecule has 10 aliphatic rings. The molecule has 2 aliphatic carbocycles. The second kappa shape index (κ2) is 20.4. The van der Waals surface area contributed by atoms with E-state index in [-0.39, 0.29) is 65.8 Å². The van der Waals surface area contributed by atoms with Gasteiger partial charge in [0.15, 0.2) is 0 Å². The van der Waals surface area contributed by atoms with Gasteiger partial charge in [-0.25, -0.2) is 0 Å². The van der Waals surface area contributed by atoms with Crippen molar-refractivity contribution in [3.05, 3.63) is 107 Å². The average Bonchev–Trinajstić information content (AvgIpc) is 1.56. The van der Waals surface area contributed by atoms with Gasteiger partial charge in [0, 0.05) is 103 Å². The smallest absolute Gasteiger partial charge is 0.281 e. The number of H-pyrrole nitrogens is 2. The molecule has 6 N–H and O–H groups in total. The minimum absolute atomic E-state index is 0.162. The van der Waals surface area contributed by atoms with Crippen LogP contribution < -0.4 is 10.6 Å². The Morgan fingerprint density at radius 3 is 1.57 bits per heavy atom. The van der Waals surface area contributed by atoms with Gasteiger partial charge in [0.2, 0.25) is 35.1 Å². The summed E-state index contributed by atoms with van der Waals surface area (Å²) in [4.78, 5) is 102. The molecule has 0 radical (unpaired) electrons. The molecule has 5 aromatic rings. The van der Waals surface area contributed by atoms with Crippen LogP contribution in [0.2, 0.25) is 0 Å². The number of aromatic amines is 2. The largest absolute Gasteiger partial charge is 0.361 e. The normalized spacial score (nSPS) is 35.5. The van der Waals surface area contributed by atoms with Crippen LogP contribution in [0.3, 0.4) is 0 Å². The lowest BCUT2D eigenvalue weighted by molar-refractivity contribution is -0.323. The fourth-order valence-corrected chi connectivity index (χ4v) is 17.5. The third-order valence-electron chi connectivity index (χ3n) is 21.8. The third kappa shape index (κ3) is 8.27. The van der Waals surface area contributed by atoms with Crippen LogP contribution in [-0.2, 0) is 57.5 Å². The number of likely N-dealkylation sites (tertiary alicyclic amines) is 2. The number of rotatable bonds is 9. The summed E-state index contributed by atoms with van der Waals surface area (Å²) in [6.07, 6.45) is 10.1. The minimum Gasteiger partial charge on any atom is -0.361 e. The first-order valence-electron chi connectivity index (χ1n) is 31.5. The number of aliphatic hydroxyl groups is 2.